The van der Waals surface area contributed by atoms with Crippen LogP contribution in [0.2, 0.25) is 0 Å². The van der Waals surface area contributed by atoms with Crippen LogP contribution in [0, 0.1) is 0 Å². The Hall–Kier alpha value is -0.630. The van der Waals surface area contributed by atoms with Crippen LogP contribution in [-0.4, -0.2) is 56.9 Å². The normalized spacial score (nSPS) is 36.6. The third kappa shape index (κ3) is 2.85. The van der Waals surface area contributed by atoms with Crippen LogP contribution < -0.4 is 0 Å². The Balaban J connectivity index is 2.08. The van der Waals surface area contributed by atoms with Crippen LogP contribution in [0.1, 0.15) is 0 Å². The number of hydrogen-bond acceptors (Lipinski definition) is 6. The molecular weight excluding hydrogens is 256 g/mol. The average molecular weight is 272 g/mol. The van der Waals surface area contributed by atoms with Crippen molar-refractivity contribution in [2.45, 2.75) is 34.7 Å². The largest absolute Gasteiger partial charge is 0.394 e. The van der Waals surface area contributed by atoms with Crippen molar-refractivity contribution in [1.82, 2.24) is 0 Å². The second-order valence-corrected chi connectivity index (χ2v) is 5.30. The van der Waals surface area contributed by atoms with Crippen molar-refractivity contribution >= 4 is 11.8 Å². The molecule has 1 fully saturated rings. The summed E-state index contributed by atoms with van der Waals surface area (Å²) in [5, 5.41) is 38.2. The molecule has 5 nitrogen and oxygen atoms in total. The minimum absolute atomic E-state index is 0.406. The van der Waals surface area contributed by atoms with Crippen molar-refractivity contribution in [3.63, 3.8) is 0 Å². The molecule has 4 N–H and O–H groups in total. The summed E-state index contributed by atoms with van der Waals surface area (Å²) in [7, 11) is 0. The van der Waals surface area contributed by atoms with Crippen LogP contribution in [0.4, 0.5) is 0 Å². The predicted octanol–water partition coefficient (Wildman–Crippen LogP) is -0.421. The molecule has 0 bridgehead atoms. The molecule has 0 aromatic heterocycles. The highest BCUT2D eigenvalue weighted by molar-refractivity contribution is 7.99. The van der Waals surface area contributed by atoms with Gasteiger partial charge in [0.25, 0.3) is 0 Å². The number of aliphatic hydroxyl groups is 4. The minimum atomic E-state index is -1.32. The van der Waals surface area contributed by atoms with Gasteiger partial charge in [-0.2, -0.15) is 0 Å². The molecule has 0 amide bonds. The van der Waals surface area contributed by atoms with E-state index in [1.54, 1.807) is 0 Å². The zero-order chi connectivity index (χ0) is 13.1. The van der Waals surface area contributed by atoms with Crippen LogP contribution in [0.3, 0.4) is 0 Å². The van der Waals surface area contributed by atoms with Crippen molar-refractivity contribution in [1.29, 1.82) is 0 Å². The quantitative estimate of drug-likeness (QED) is 0.597. The van der Waals surface area contributed by atoms with E-state index in [4.69, 9.17) is 9.84 Å². The van der Waals surface area contributed by atoms with Gasteiger partial charge in [0.15, 0.2) is 0 Å². The molecule has 1 aliphatic heterocycles. The first-order chi connectivity index (χ1) is 8.63. The lowest BCUT2D eigenvalue weighted by atomic mass is 10.0. The Morgan fingerprint density at radius 2 is 1.67 bits per heavy atom. The van der Waals surface area contributed by atoms with E-state index >= 15 is 0 Å². The van der Waals surface area contributed by atoms with Gasteiger partial charge in [-0.15, -0.1) is 0 Å². The summed E-state index contributed by atoms with van der Waals surface area (Å²) in [5.41, 5.74) is -0.719. The van der Waals surface area contributed by atoms with E-state index in [0.29, 0.717) is 0 Å². The molecule has 0 spiro atoms. The summed E-state index contributed by atoms with van der Waals surface area (Å²) in [4.78, 5) is 0.877. The lowest BCUT2D eigenvalue weighted by Crippen LogP contribution is -2.57. The van der Waals surface area contributed by atoms with Gasteiger partial charge in [0.05, 0.1) is 6.61 Å². The molecule has 18 heavy (non-hydrogen) atoms. The van der Waals surface area contributed by atoms with Crippen LogP contribution in [0.5, 0.6) is 0 Å². The fourth-order valence-corrected chi connectivity index (χ4v) is 2.88. The summed E-state index contributed by atoms with van der Waals surface area (Å²) < 4.78 is 5.39. The van der Waals surface area contributed by atoms with Gasteiger partial charge in [-0.3, -0.25) is 0 Å². The maximum absolute atomic E-state index is 9.85. The molecule has 0 saturated carbocycles. The number of rotatable bonds is 3. The lowest BCUT2D eigenvalue weighted by molar-refractivity contribution is -0.205. The number of aliphatic hydroxyl groups excluding tert-OH is 4. The molecular formula is C12H16O5S. The van der Waals surface area contributed by atoms with E-state index in [1.807, 2.05) is 30.3 Å². The van der Waals surface area contributed by atoms with Gasteiger partial charge >= 0.3 is 0 Å². The number of hydrogen-bond donors (Lipinski definition) is 4. The van der Waals surface area contributed by atoms with Gasteiger partial charge in [0.2, 0.25) is 0 Å². The van der Waals surface area contributed by atoms with Gasteiger partial charge in [0, 0.05) is 4.90 Å². The van der Waals surface area contributed by atoms with E-state index in [1.165, 1.54) is 11.8 Å². The van der Waals surface area contributed by atoms with Crippen molar-refractivity contribution in [3.05, 3.63) is 30.3 Å². The molecule has 1 saturated heterocycles. The SMILES string of the molecule is OC[C@H]1OC(Sc2ccccc2)[C@H](O)[C@@H](O)[C@@H]1O. The van der Waals surface area contributed by atoms with Crippen LogP contribution in [0.25, 0.3) is 0 Å². The van der Waals surface area contributed by atoms with Gasteiger partial charge in [0.1, 0.15) is 29.9 Å². The first kappa shape index (κ1) is 13.8. The number of ether oxygens (including phenoxy) is 1. The smallest absolute Gasteiger partial charge is 0.136 e. The molecule has 5 atom stereocenters. The average Bonchev–Trinajstić information content (AvgIpc) is 2.40. The minimum Gasteiger partial charge on any atom is -0.394 e. The zero-order valence-corrected chi connectivity index (χ0v) is 10.4. The van der Waals surface area contributed by atoms with Crippen LogP contribution >= 0.6 is 11.8 Å². The standard InChI is InChI=1S/C12H16O5S/c13-6-8-9(14)10(15)11(16)12(17-8)18-7-4-2-1-3-5-7/h1-5,8-16H,6H2/t8-,9-,10+,11-,12?/m1/s1. The van der Waals surface area contributed by atoms with Crippen molar-refractivity contribution in [2.75, 3.05) is 6.61 Å². The predicted molar refractivity (Wildman–Crippen MR) is 66.1 cm³/mol. The fourth-order valence-electron chi connectivity index (χ4n) is 1.80. The number of thioether (sulfide) groups is 1. The molecule has 1 aromatic rings. The molecule has 1 unspecified atom stereocenters. The summed E-state index contributed by atoms with van der Waals surface area (Å²) in [6.45, 7) is -0.406. The summed E-state index contributed by atoms with van der Waals surface area (Å²) >= 11 is 1.24. The summed E-state index contributed by atoms with van der Waals surface area (Å²) in [5.74, 6) is 0. The molecule has 100 valence electrons. The Morgan fingerprint density at radius 3 is 2.28 bits per heavy atom. The first-order valence-corrected chi connectivity index (χ1v) is 6.53. The molecule has 1 aromatic carbocycles. The molecule has 1 aliphatic rings. The zero-order valence-electron chi connectivity index (χ0n) is 9.59. The van der Waals surface area contributed by atoms with Gasteiger partial charge < -0.3 is 25.2 Å². The second kappa shape index (κ2) is 6.01. The topological polar surface area (TPSA) is 90.2 Å². The van der Waals surface area contributed by atoms with Crippen molar-refractivity contribution in [2.24, 2.45) is 0 Å². The maximum Gasteiger partial charge on any atom is 0.136 e. The fraction of sp³-hybridized carbons (Fsp3) is 0.500. The Labute approximate surface area is 109 Å². The molecule has 0 aliphatic carbocycles. The maximum atomic E-state index is 9.85. The Kier molecular flexibility index (Phi) is 4.60. The highest BCUT2D eigenvalue weighted by Gasteiger charge is 2.43. The second-order valence-electron chi connectivity index (χ2n) is 4.13. The van der Waals surface area contributed by atoms with Crippen molar-refractivity contribution in [3.8, 4) is 0 Å². The van der Waals surface area contributed by atoms with E-state index in [0.717, 1.165) is 4.90 Å². The van der Waals surface area contributed by atoms with Gasteiger partial charge in [-0.25, -0.2) is 0 Å². The molecule has 1 heterocycles. The number of benzene rings is 1. The van der Waals surface area contributed by atoms with Crippen molar-refractivity contribution < 1.29 is 25.2 Å². The monoisotopic (exact) mass is 272 g/mol. The summed E-state index contributed by atoms with van der Waals surface area (Å²) in [6.07, 6.45) is -4.69. The van der Waals surface area contributed by atoms with Crippen LogP contribution in [-0.2, 0) is 4.74 Å². The first-order valence-electron chi connectivity index (χ1n) is 5.65. The summed E-state index contributed by atoms with van der Waals surface area (Å²) in [6, 6.07) is 9.29. The van der Waals surface area contributed by atoms with Crippen LogP contribution in [0.15, 0.2) is 35.2 Å². The van der Waals surface area contributed by atoms with E-state index in [-0.39, 0.29) is 0 Å². The highest BCUT2D eigenvalue weighted by atomic mass is 32.2. The van der Waals surface area contributed by atoms with Gasteiger partial charge in [-0.1, -0.05) is 30.0 Å². The molecule has 0 radical (unpaired) electrons. The highest BCUT2D eigenvalue weighted by Crippen LogP contribution is 2.32. The Morgan fingerprint density at radius 1 is 1.00 bits per heavy atom. The van der Waals surface area contributed by atoms with E-state index < -0.39 is 36.5 Å². The molecule has 6 heteroatoms. The van der Waals surface area contributed by atoms with E-state index in [9.17, 15) is 15.3 Å². The molecule has 2 rings (SSSR count). The third-order valence-electron chi connectivity index (χ3n) is 2.84. The van der Waals surface area contributed by atoms with Gasteiger partial charge in [-0.05, 0) is 12.1 Å². The Bertz CT molecular complexity index is 372. The third-order valence-corrected chi connectivity index (χ3v) is 4.01. The lowest BCUT2D eigenvalue weighted by Gasteiger charge is -2.39. The van der Waals surface area contributed by atoms with E-state index in [2.05, 4.69) is 0 Å².